The van der Waals surface area contributed by atoms with Crippen LogP contribution in [0, 0.1) is 10.1 Å². The number of ether oxygens (including phenoxy) is 1. The molecule has 1 aromatic carbocycles. The monoisotopic (exact) mass is 279 g/mol. The largest absolute Gasteiger partial charge is 0.497 e. The molecule has 8 nitrogen and oxygen atoms in total. The molecule has 106 valence electrons. The summed E-state index contributed by atoms with van der Waals surface area (Å²) in [5.41, 5.74) is 0.0272. The lowest BCUT2D eigenvalue weighted by molar-refractivity contribution is -0.384. The van der Waals surface area contributed by atoms with Gasteiger partial charge in [-0.1, -0.05) is 0 Å². The molecule has 0 spiro atoms. The van der Waals surface area contributed by atoms with E-state index in [0.717, 1.165) is 0 Å². The zero-order chi connectivity index (χ0) is 14.7. The molecule has 1 saturated heterocycles. The van der Waals surface area contributed by atoms with Crippen LogP contribution in [0.5, 0.6) is 5.75 Å². The van der Waals surface area contributed by atoms with E-state index in [2.05, 4.69) is 10.6 Å². The highest BCUT2D eigenvalue weighted by Crippen LogP contribution is 2.30. The van der Waals surface area contributed by atoms with Crippen LogP contribution in [-0.2, 0) is 9.59 Å². The molecule has 1 aliphatic rings. The molecule has 0 bridgehead atoms. The van der Waals surface area contributed by atoms with Crippen molar-refractivity contribution in [1.82, 2.24) is 5.32 Å². The highest BCUT2D eigenvalue weighted by atomic mass is 16.6. The first-order valence-electron chi connectivity index (χ1n) is 5.94. The highest BCUT2D eigenvalue weighted by molar-refractivity contribution is 6.01. The Morgan fingerprint density at radius 3 is 2.80 bits per heavy atom. The lowest BCUT2D eigenvalue weighted by Gasteiger charge is -2.22. The molecule has 0 saturated carbocycles. The fourth-order valence-electron chi connectivity index (χ4n) is 1.94. The molecular formula is C12H13N3O5. The lowest BCUT2D eigenvalue weighted by Crippen LogP contribution is -2.47. The number of rotatable bonds is 4. The summed E-state index contributed by atoms with van der Waals surface area (Å²) < 4.78 is 5.01. The topological polar surface area (TPSA) is 111 Å². The number of carbonyl (C=O) groups is 2. The number of nitrogens with one attached hydrogen (secondary N) is 2. The average Bonchev–Trinajstić information content (AvgIpc) is 2.41. The summed E-state index contributed by atoms with van der Waals surface area (Å²) in [6.45, 7) is 0. The normalized spacial score (nSPS) is 18.4. The predicted octanol–water partition coefficient (Wildman–Crippen LogP) is 0.820. The summed E-state index contributed by atoms with van der Waals surface area (Å²) in [7, 11) is 1.44. The van der Waals surface area contributed by atoms with Crippen LogP contribution in [0.25, 0.3) is 0 Å². The maximum absolute atomic E-state index is 11.6. The van der Waals surface area contributed by atoms with E-state index in [-0.39, 0.29) is 23.7 Å². The number of nitro benzene ring substituents is 1. The molecule has 2 rings (SSSR count). The molecule has 1 heterocycles. The molecule has 1 aromatic rings. The number of piperidine rings is 1. The number of benzene rings is 1. The van der Waals surface area contributed by atoms with E-state index in [4.69, 9.17) is 4.74 Å². The first-order valence-corrected chi connectivity index (χ1v) is 5.94. The fourth-order valence-corrected chi connectivity index (χ4v) is 1.94. The first-order chi connectivity index (χ1) is 9.51. The van der Waals surface area contributed by atoms with Gasteiger partial charge in [0.05, 0.1) is 12.0 Å². The van der Waals surface area contributed by atoms with Crippen LogP contribution < -0.4 is 15.4 Å². The van der Waals surface area contributed by atoms with Crippen molar-refractivity contribution in [3.63, 3.8) is 0 Å². The Morgan fingerprint density at radius 2 is 2.20 bits per heavy atom. The Kier molecular flexibility index (Phi) is 3.83. The van der Waals surface area contributed by atoms with Crippen molar-refractivity contribution in [1.29, 1.82) is 0 Å². The van der Waals surface area contributed by atoms with E-state index < -0.39 is 16.9 Å². The molecule has 0 aliphatic carbocycles. The van der Waals surface area contributed by atoms with Gasteiger partial charge in [0.2, 0.25) is 11.8 Å². The van der Waals surface area contributed by atoms with Crippen LogP contribution in [0.2, 0.25) is 0 Å². The molecule has 1 unspecified atom stereocenters. The number of nitro groups is 1. The van der Waals surface area contributed by atoms with Gasteiger partial charge in [-0.25, -0.2) is 0 Å². The summed E-state index contributed by atoms with van der Waals surface area (Å²) in [6.07, 6.45) is 0.486. The standard InChI is InChI=1S/C12H13N3O5/c1-20-7-2-4-10(15(18)19)9(6-7)13-8-3-5-11(16)14-12(8)17/h2,4,6,8,13H,3,5H2,1H3,(H,14,16,17). The first kappa shape index (κ1) is 13.8. The van der Waals surface area contributed by atoms with E-state index in [1.54, 1.807) is 0 Å². The molecule has 0 radical (unpaired) electrons. The molecule has 2 amide bonds. The summed E-state index contributed by atoms with van der Waals surface area (Å²) >= 11 is 0. The molecule has 1 aliphatic heterocycles. The van der Waals surface area contributed by atoms with Crippen molar-refractivity contribution in [3.8, 4) is 5.75 Å². The van der Waals surface area contributed by atoms with Crippen molar-refractivity contribution in [2.24, 2.45) is 0 Å². The van der Waals surface area contributed by atoms with Gasteiger partial charge in [-0.2, -0.15) is 0 Å². The molecule has 1 fully saturated rings. The van der Waals surface area contributed by atoms with Crippen molar-refractivity contribution in [2.45, 2.75) is 18.9 Å². The summed E-state index contributed by atoms with van der Waals surface area (Å²) in [6, 6.07) is 3.53. The predicted molar refractivity (Wildman–Crippen MR) is 69.4 cm³/mol. The van der Waals surface area contributed by atoms with Gasteiger partial charge in [-0.05, 0) is 12.5 Å². The van der Waals surface area contributed by atoms with Crippen LogP contribution in [0.1, 0.15) is 12.8 Å². The fraction of sp³-hybridized carbons (Fsp3) is 0.333. The van der Waals surface area contributed by atoms with Gasteiger partial charge < -0.3 is 10.1 Å². The van der Waals surface area contributed by atoms with Gasteiger partial charge in [0.15, 0.2) is 0 Å². The van der Waals surface area contributed by atoms with E-state index in [0.29, 0.717) is 12.2 Å². The molecular weight excluding hydrogens is 266 g/mol. The van der Waals surface area contributed by atoms with Gasteiger partial charge in [0, 0.05) is 18.6 Å². The van der Waals surface area contributed by atoms with Crippen molar-refractivity contribution in [2.75, 3.05) is 12.4 Å². The smallest absolute Gasteiger partial charge is 0.292 e. The van der Waals surface area contributed by atoms with E-state index >= 15 is 0 Å². The molecule has 8 heteroatoms. The second kappa shape index (κ2) is 5.55. The molecule has 1 atom stereocenters. The van der Waals surface area contributed by atoms with Crippen LogP contribution in [0.3, 0.4) is 0 Å². The van der Waals surface area contributed by atoms with Crippen LogP contribution in [0.15, 0.2) is 18.2 Å². The third-order valence-electron chi connectivity index (χ3n) is 2.97. The van der Waals surface area contributed by atoms with Crippen LogP contribution >= 0.6 is 0 Å². The van der Waals surface area contributed by atoms with Gasteiger partial charge >= 0.3 is 0 Å². The average molecular weight is 279 g/mol. The number of amides is 2. The number of carbonyl (C=O) groups excluding carboxylic acids is 2. The maximum atomic E-state index is 11.6. The Hall–Kier alpha value is -2.64. The molecule has 0 aromatic heterocycles. The van der Waals surface area contributed by atoms with Crippen molar-refractivity contribution >= 4 is 23.2 Å². The van der Waals surface area contributed by atoms with Crippen LogP contribution in [-0.4, -0.2) is 29.9 Å². The number of hydrogen-bond acceptors (Lipinski definition) is 6. The molecule has 20 heavy (non-hydrogen) atoms. The highest BCUT2D eigenvalue weighted by Gasteiger charge is 2.28. The zero-order valence-electron chi connectivity index (χ0n) is 10.7. The summed E-state index contributed by atoms with van der Waals surface area (Å²) in [5.74, 6) is -0.392. The number of imide groups is 1. The minimum absolute atomic E-state index is 0.157. The van der Waals surface area contributed by atoms with Gasteiger partial charge in [-0.15, -0.1) is 0 Å². The Labute approximate surface area is 114 Å². The maximum Gasteiger partial charge on any atom is 0.292 e. The van der Waals surface area contributed by atoms with Crippen LogP contribution in [0.4, 0.5) is 11.4 Å². The number of anilines is 1. The van der Waals surface area contributed by atoms with Gasteiger partial charge in [0.1, 0.15) is 17.5 Å². The van der Waals surface area contributed by atoms with Crippen molar-refractivity contribution in [3.05, 3.63) is 28.3 Å². The second-order valence-electron chi connectivity index (χ2n) is 4.29. The third-order valence-corrected chi connectivity index (χ3v) is 2.97. The van der Waals surface area contributed by atoms with Gasteiger partial charge in [0.25, 0.3) is 5.69 Å². The Morgan fingerprint density at radius 1 is 1.45 bits per heavy atom. The summed E-state index contributed by atoms with van der Waals surface area (Å²) in [4.78, 5) is 33.1. The van der Waals surface area contributed by atoms with Crippen molar-refractivity contribution < 1.29 is 19.2 Å². The number of nitrogens with zero attached hydrogens (tertiary/aromatic N) is 1. The Bertz CT molecular complexity index is 572. The van der Waals surface area contributed by atoms with E-state index in [9.17, 15) is 19.7 Å². The minimum Gasteiger partial charge on any atom is -0.497 e. The number of hydrogen-bond donors (Lipinski definition) is 2. The lowest BCUT2D eigenvalue weighted by atomic mass is 10.1. The minimum atomic E-state index is -0.682. The quantitative estimate of drug-likeness (QED) is 0.479. The number of methoxy groups -OCH3 is 1. The van der Waals surface area contributed by atoms with E-state index in [1.165, 1.54) is 25.3 Å². The SMILES string of the molecule is COc1ccc([N+](=O)[O-])c(NC2CCC(=O)NC2=O)c1. The second-order valence-corrected chi connectivity index (χ2v) is 4.29. The Balaban J connectivity index is 2.25. The van der Waals surface area contributed by atoms with Gasteiger partial charge in [-0.3, -0.25) is 25.0 Å². The zero-order valence-corrected chi connectivity index (χ0v) is 10.7. The third kappa shape index (κ3) is 2.85. The van der Waals surface area contributed by atoms with E-state index in [1.807, 2.05) is 0 Å². The molecule has 2 N–H and O–H groups in total. The summed E-state index contributed by atoms with van der Waals surface area (Å²) in [5, 5.41) is 15.9.